The molecule has 0 bridgehead atoms. The number of piperazine rings is 1. The first kappa shape index (κ1) is 21.3. The second-order valence-corrected chi connectivity index (χ2v) is 8.30. The zero-order valence-electron chi connectivity index (χ0n) is 18.3. The fourth-order valence-electron chi connectivity index (χ4n) is 4.28. The second-order valence-electron chi connectivity index (χ2n) is 8.30. The summed E-state index contributed by atoms with van der Waals surface area (Å²) in [4.78, 5) is 31.5. The van der Waals surface area contributed by atoms with Crippen LogP contribution in [0.2, 0.25) is 0 Å². The van der Waals surface area contributed by atoms with Gasteiger partial charge in [-0.3, -0.25) is 14.5 Å². The van der Waals surface area contributed by atoms with Gasteiger partial charge in [0.1, 0.15) is 0 Å². The van der Waals surface area contributed by atoms with Crippen LogP contribution in [0.25, 0.3) is 5.57 Å². The average Bonchev–Trinajstić information content (AvgIpc) is 2.85. The highest BCUT2D eigenvalue weighted by atomic mass is 16.2. The molecule has 1 saturated heterocycles. The van der Waals surface area contributed by atoms with E-state index in [0.29, 0.717) is 26.2 Å². The first-order valence-electron chi connectivity index (χ1n) is 11.3. The molecule has 2 aliphatic rings. The van der Waals surface area contributed by atoms with Crippen molar-refractivity contribution < 1.29 is 9.59 Å². The highest BCUT2D eigenvalue weighted by molar-refractivity contribution is 5.94. The quantitative estimate of drug-likeness (QED) is 0.750. The Labute approximate surface area is 184 Å². The molecule has 31 heavy (non-hydrogen) atoms. The number of aryl methyl sites for hydroxylation is 1. The SMILES string of the molecule is CCc1ccc(C(=O)N2CCN(CC(=O)N3CC=C(c4ccccc4)CC3)CC2)cc1. The molecule has 0 radical (unpaired) electrons. The zero-order chi connectivity index (χ0) is 21.6. The van der Waals surface area contributed by atoms with Crippen molar-refractivity contribution in [1.82, 2.24) is 14.7 Å². The van der Waals surface area contributed by atoms with Crippen LogP contribution < -0.4 is 0 Å². The van der Waals surface area contributed by atoms with E-state index >= 15 is 0 Å². The summed E-state index contributed by atoms with van der Waals surface area (Å²) in [7, 11) is 0. The monoisotopic (exact) mass is 417 g/mol. The molecule has 0 unspecified atom stereocenters. The maximum Gasteiger partial charge on any atom is 0.253 e. The molecule has 5 heteroatoms. The summed E-state index contributed by atoms with van der Waals surface area (Å²) in [5, 5.41) is 0. The Hall–Kier alpha value is -2.92. The molecule has 5 nitrogen and oxygen atoms in total. The number of carbonyl (C=O) groups is 2. The Bertz CT molecular complexity index is 929. The lowest BCUT2D eigenvalue weighted by atomic mass is 9.99. The molecule has 162 valence electrons. The topological polar surface area (TPSA) is 43.9 Å². The van der Waals surface area contributed by atoms with Crippen LogP contribution in [-0.2, 0) is 11.2 Å². The molecule has 0 atom stereocenters. The normalized spacial score (nSPS) is 17.4. The molecule has 1 fully saturated rings. The summed E-state index contributed by atoms with van der Waals surface area (Å²) in [6, 6.07) is 18.3. The van der Waals surface area contributed by atoms with Crippen molar-refractivity contribution in [2.24, 2.45) is 0 Å². The van der Waals surface area contributed by atoms with E-state index in [1.54, 1.807) is 0 Å². The summed E-state index contributed by atoms with van der Waals surface area (Å²) in [5.41, 5.74) is 4.56. The number of hydrogen-bond donors (Lipinski definition) is 0. The van der Waals surface area contributed by atoms with Gasteiger partial charge in [0.05, 0.1) is 6.54 Å². The number of amides is 2. The van der Waals surface area contributed by atoms with Crippen molar-refractivity contribution in [3.05, 3.63) is 77.4 Å². The molecule has 2 heterocycles. The van der Waals surface area contributed by atoms with E-state index in [2.05, 4.69) is 42.2 Å². The highest BCUT2D eigenvalue weighted by Crippen LogP contribution is 2.22. The first-order valence-corrected chi connectivity index (χ1v) is 11.3. The van der Waals surface area contributed by atoms with Gasteiger partial charge in [-0.05, 0) is 41.7 Å². The van der Waals surface area contributed by atoms with Gasteiger partial charge in [-0.15, -0.1) is 0 Å². The average molecular weight is 418 g/mol. The van der Waals surface area contributed by atoms with Gasteiger partial charge in [0.15, 0.2) is 0 Å². The number of benzene rings is 2. The molecule has 0 spiro atoms. The number of nitrogens with zero attached hydrogens (tertiary/aromatic N) is 3. The summed E-state index contributed by atoms with van der Waals surface area (Å²) < 4.78 is 0. The van der Waals surface area contributed by atoms with Crippen molar-refractivity contribution in [3.8, 4) is 0 Å². The predicted molar refractivity (Wildman–Crippen MR) is 124 cm³/mol. The summed E-state index contributed by atoms with van der Waals surface area (Å²) in [6.45, 7) is 6.80. The van der Waals surface area contributed by atoms with Gasteiger partial charge in [0.2, 0.25) is 5.91 Å². The Morgan fingerprint density at radius 3 is 2.16 bits per heavy atom. The fourth-order valence-corrected chi connectivity index (χ4v) is 4.28. The van der Waals surface area contributed by atoms with Crippen LogP contribution in [0.1, 0.15) is 34.8 Å². The van der Waals surface area contributed by atoms with Crippen LogP contribution in [0.4, 0.5) is 0 Å². The third kappa shape index (κ3) is 5.23. The van der Waals surface area contributed by atoms with Crippen LogP contribution in [0.5, 0.6) is 0 Å². The molecule has 0 N–H and O–H groups in total. The van der Waals surface area contributed by atoms with Crippen LogP contribution in [0.3, 0.4) is 0 Å². The first-order chi connectivity index (χ1) is 15.1. The summed E-state index contributed by atoms with van der Waals surface area (Å²) in [5.74, 6) is 0.265. The van der Waals surface area contributed by atoms with E-state index < -0.39 is 0 Å². The highest BCUT2D eigenvalue weighted by Gasteiger charge is 2.25. The number of hydrogen-bond acceptors (Lipinski definition) is 3. The molecule has 0 aromatic heterocycles. The minimum absolute atomic E-state index is 0.0863. The molecule has 0 saturated carbocycles. The Balaban J connectivity index is 1.25. The van der Waals surface area contributed by atoms with Crippen molar-refractivity contribution in [2.45, 2.75) is 19.8 Å². The van der Waals surface area contributed by atoms with E-state index in [1.807, 2.05) is 40.1 Å². The van der Waals surface area contributed by atoms with Crippen LogP contribution >= 0.6 is 0 Å². The molecular formula is C26H31N3O2. The van der Waals surface area contributed by atoms with E-state index in [9.17, 15) is 9.59 Å². The van der Waals surface area contributed by atoms with E-state index in [1.165, 1.54) is 16.7 Å². The Kier molecular flexibility index (Phi) is 6.82. The van der Waals surface area contributed by atoms with Crippen molar-refractivity contribution in [1.29, 1.82) is 0 Å². The molecular weight excluding hydrogens is 386 g/mol. The summed E-state index contributed by atoms with van der Waals surface area (Å²) >= 11 is 0. The van der Waals surface area contributed by atoms with Gasteiger partial charge in [-0.2, -0.15) is 0 Å². The second kappa shape index (κ2) is 9.92. The number of rotatable bonds is 5. The van der Waals surface area contributed by atoms with E-state index in [-0.39, 0.29) is 11.8 Å². The Morgan fingerprint density at radius 1 is 0.839 bits per heavy atom. The molecule has 2 aromatic rings. The van der Waals surface area contributed by atoms with Gasteiger partial charge in [0, 0.05) is 44.8 Å². The smallest absolute Gasteiger partial charge is 0.253 e. The van der Waals surface area contributed by atoms with Crippen molar-refractivity contribution in [2.75, 3.05) is 45.8 Å². The molecule has 0 aliphatic carbocycles. The van der Waals surface area contributed by atoms with E-state index in [4.69, 9.17) is 0 Å². The van der Waals surface area contributed by atoms with Gasteiger partial charge >= 0.3 is 0 Å². The molecule has 2 amide bonds. The third-order valence-corrected chi connectivity index (χ3v) is 6.33. The summed E-state index contributed by atoms with van der Waals surface area (Å²) in [6.07, 6.45) is 4.05. The lowest BCUT2D eigenvalue weighted by Crippen LogP contribution is -2.51. The van der Waals surface area contributed by atoms with Gasteiger partial charge < -0.3 is 9.80 Å². The molecule has 4 rings (SSSR count). The third-order valence-electron chi connectivity index (χ3n) is 6.33. The zero-order valence-corrected chi connectivity index (χ0v) is 18.3. The van der Waals surface area contributed by atoms with Crippen LogP contribution in [-0.4, -0.2) is 72.3 Å². The largest absolute Gasteiger partial charge is 0.338 e. The van der Waals surface area contributed by atoms with Crippen LogP contribution in [0, 0.1) is 0 Å². The molecule has 2 aliphatic heterocycles. The molecule has 2 aromatic carbocycles. The standard InChI is InChI=1S/C26H31N3O2/c1-2-21-8-10-24(11-9-21)26(31)29-18-16-27(17-19-29)20-25(30)28-14-12-23(13-15-28)22-6-4-3-5-7-22/h3-12H,2,13-20H2,1H3. The maximum absolute atomic E-state index is 12.8. The Morgan fingerprint density at radius 2 is 1.55 bits per heavy atom. The minimum Gasteiger partial charge on any atom is -0.338 e. The lowest BCUT2D eigenvalue weighted by Gasteiger charge is -2.36. The minimum atomic E-state index is 0.0863. The van der Waals surface area contributed by atoms with Crippen molar-refractivity contribution >= 4 is 17.4 Å². The predicted octanol–water partition coefficient (Wildman–Crippen LogP) is 3.32. The van der Waals surface area contributed by atoms with E-state index in [0.717, 1.165) is 38.0 Å². The van der Waals surface area contributed by atoms with Gasteiger partial charge in [0.25, 0.3) is 5.91 Å². The fraction of sp³-hybridized carbons (Fsp3) is 0.385. The van der Waals surface area contributed by atoms with Gasteiger partial charge in [-0.1, -0.05) is 55.5 Å². The van der Waals surface area contributed by atoms with Gasteiger partial charge in [-0.25, -0.2) is 0 Å². The van der Waals surface area contributed by atoms with Crippen molar-refractivity contribution in [3.63, 3.8) is 0 Å². The lowest BCUT2D eigenvalue weighted by molar-refractivity contribution is -0.132. The number of carbonyl (C=O) groups excluding carboxylic acids is 2. The van der Waals surface area contributed by atoms with Crippen LogP contribution in [0.15, 0.2) is 60.7 Å². The maximum atomic E-state index is 12.8.